The molecule has 0 radical (unpaired) electrons. The number of benzene rings is 3. The minimum Gasteiger partial charge on any atom is -0.457 e. The van der Waals surface area contributed by atoms with Crippen molar-refractivity contribution in [3.05, 3.63) is 90.2 Å². The molecule has 0 spiro atoms. The molecular formula is C24H24FN3O2. The highest BCUT2D eigenvalue weighted by molar-refractivity contribution is 5.97. The average molecular weight is 405 g/mol. The summed E-state index contributed by atoms with van der Waals surface area (Å²) in [5.74, 6) is 0.894. The fourth-order valence-corrected chi connectivity index (χ4v) is 3.41. The third-order valence-corrected chi connectivity index (χ3v) is 4.99. The van der Waals surface area contributed by atoms with Gasteiger partial charge in [0.05, 0.1) is 12.6 Å². The highest BCUT2D eigenvalue weighted by Gasteiger charge is 2.26. The van der Waals surface area contributed by atoms with Crippen LogP contribution in [0.15, 0.2) is 78.9 Å². The second kappa shape index (κ2) is 9.52. The van der Waals surface area contributed by atoms with E-state index in [9.17, 15) is 9.18 Å². The Labute approximate surface area is 175 Å². The lowest BCUT2D eigenvalue weighted by atomic mass is 10.1. The zero-order valence-corrected chi connectivity index (χ0v) is 16.6. The zero-order chi connectivity index (χ0) is 20.8. The molecule has 1 aliphatic rings. The zero-order valence-electron chi connectivity index (χ0n) is 16.6. The first-order chi connectivity index (χ1) is 14.7. The Kier molecular flexibility index (Phi) is 6.37. The van der Waals surface area contributed by atoms with Crippen molar-refractivity contribution in [2.45, 2.75) is 12.6 Å². The number of amides is 1. The Bertz CT molecular complexity index is 956. The van der Waals surface area contributed by atoms with Crippen LogP contribution >= 0.6 is 0 Å². The van der Waals surface area contributed by atoms with E-state index >= 15 is 0 Å². The molecule has 3 aromatic rings. The van der Waals surface area contributed by atoms with Crippen LogP contribution in [0.2, 0.25) is 0 Å². The van der Waals surface area contributed by atoms with Gasteiger partial charge >= 0.3 is 0 Å². The molecule has 30 heavy (non-hydrogen) atoms. The second-order valence-electron chi connectivity index (χ2n) is 7.17. The predicted molar refractivity (Wildman–Crippen MR) is 115 cm³/mol. The number of hydrogen-bond acceptors (Lipinski definition) is 4. The van der Waals surface area contributed by atoms with Gasteiger partial charge in [0.2, 0.25) is 5.91 Å². The Morgan fingerprint density at radius 3 is 2.23 bits per heavy atom. The number of carbonyl (C=O) groups excluding carboxylic acids is 1. The Morgan fingerprint density at radius 1 is 0.933 bits per heavy atom. The van der Waals surface area contributed by atoms with E-state index in [4.69, 9.17) is 4.74 Å². The molecule has 1 atom stereocenters. The fourth-order valence-electron chi connectivity index (χ4n) is 3.41. The average Bonchev–Trinajstić information content (AvgIpc) is 2.80. The largest absolute Gasteiger partial charge is 0.457 e. The first-order valence-electron chi connectivity index (χ1n) is 10.0. The highest BCUT2D eigenvalue weighted by atomic mass is 19.1. The molecule has 1 aliphatic heterocycles. The van der Waals surface area contributed by atoms with Gasteiger partial charge in [0.1, 0.15) is 17.3 Å². The molecule has 1 heterocycles. The van der Waals surface area contributed by atoms with Crippen LogP contribution in [0.5, 0.6) is 11.5 Å². The van der Waals surface area contributed by atoms with E-state index < -0.39 is 0 Å². The number of nitrogens with one attached hydrogen (secondary N) is 2. The van der Waals surface area contributed by atoms with Crippen LogP contribution in [0, 0.1) is 5.82 Å². The van der Waals surface area contributed by atoms with E-state index in [-0.39, 0.29) is 17.8 Å². The van der Waals surface area contributed by atoms with Crippen LogP contribution in [0.25, 0.3) is 0 Å². The number of rotatable bonds is 6. The monoisotopic (exact) mass is 405 g/mol. The summed E-state index contributed by atoms with van der Waals surface area (Å²) in [5.41, 5.74) is 1.85. The maximum absolute atomic E-state index is 13.3. The van der Waals surface area contributed by atoms with Crippen molar-refractivity contribution in [2.75, 3.05) is 24.5 Å². The quantitative estimate of drug-likeness (QED) is 0.657. The minimum atomic E-state index is -0.307. The molecule has 0 bridgehead atoms. The van der Waals surface area contributed by atoms with Gasteiger partial charge in [0, 0.05) is 25.3 Å². The van der Waals surface area contributed by atoms with Crippen LogP contribution in [0.3, 0.4) is 0 Å². The molecule has 1 fully saturated rings. The van der Waals surface area contributed by atoms with Crippen molar-refractivity contribution in [3.63, 3.8) is 0 Å². The van der Waals surface area contributed by atoms with Gasteiger partial charge in [-0.1, -0.05) is 30.3 Å². The van der Waals surface area contributed by atoms with Crippen molar-refractivity contribution in [1.29, 1.82) is 0 Å². The number of ether oxygens (including phenoxy) is 1. The van der Waals surface area contributed by atoms with E-state index in [1.165, 1.54) is 12.1 Å². The van der Waals surface area contributed by atoms with Crippen LogP contribution in [0.1, 0.15) is 5.56 Å². The summed E-state index contributed by atoms with van der Waals surface area (Å²) in [4.78, 5) is 15.1. The van der Waals surface area contributed by atoms with Gasteiger partial charge in [0.25, 0.3) is 0 Å². The Morgan fingerprint density at radius 2 is 1.60 bits per heavy atom. The molecule has 1 unspecified atom stereocenters. The summed E-state index contributed by atoms with van der Waals surface area (Å²) >= 11 is 0. The molecular weight excluding hydrogens is 381 g/mol. The van der Waals surface area contributed by atoms with E-state index in [1.807, 2.05) is 54.6 Å². The molecule has 1 amide bonds. The molecule has 3 aromatic carbocycles. The number of nitrogens with zero attached hydrogens (tertiary/aromatic N) is 1. The molecule has 0 aliphatic carbocycles. The van der Waals surface area contributed by atoms with Gasteiger partial charge in [0.15, 0.2) is 0 Å². The topological polar surface area (TPSA) is 53.6 Å². The highest BCUT2D eigenvalue weighted by Crippen LogP contribution is 2.26. The fraction of sp³-hybridized carbons (Fsp3) is 0.208. The van der Waals surface area contributed by atoms with Crippen molar-refractivity contribution in [3.8, 4) is 11.5 Å². The summed E-state index contributed by atoms with van der Waals surface area (Å²) in [6.07, 6.45) is 0. The van der Waals surface area contributed by atoms with Crippen molar-refractivity contribution in [1.82, 2.24) is 10.6 Å². The third kappa shape index (κ3) is 5.03. The van der Waals surface area contributed by atoms with Gasteiger partial charge in [-0.2, -0.15) is 0 Å². The summed E-state index contributed by atoms with van der Waals surface area (Å²) in [7, 11) is 0. The smallest absolute Gasteiger partial charge is 0.245 e. The van der Waals surface area contributed by atoms with E-state index in [0.29, 0.717) is 24.6 Å². The van der Waals surface area contributed by atoms with Crippen LogP contribution in [0.4, 0.5) is 10.1 Å². The van der Waals surface area contributed by atoms with Gasteiger partial charge in [-0.25, -0.2) is 4.39 Å². The summed E-state index contributed by atoms with van der Waals surface area (Å²) < 4.78 is 18.8. The van der Waals surface area contributed by atoms with Gasteiger partial charge in [-0.3, -0.25) is 4.79 Å². The molecule has 154 valence electrons. The molecule has 0 aromatic heterocycles. The molecule has 2 N–H and O–H groups in total. The van der Waals surface area contributed by atoms with Crippen molar-refractivity contribution >= 4 is 11.6 Å². The maximum Gasteiger partial charge on any atom is 0.245 e. The van der Waals surface area contributed by atoms with Crippen LogP contribution < -0.4 is 20.3 Å². The van der Waals surface area contributed by atoms with E-state index in [0.717, 1.165) is 24.3 Å². The first-order valence-corrected chi connectivity index (χ1v) is 10.0. The second-order valence-corrected chi connectivity index (χ2v) is 7.17. The van der Waals surface area contributed by atoms with Gasteiger partial charge in [-0.15, -0.1) is 0 Å². The standard InChI is InChI=1S/C24H24FN3O2/c25-19-6-10-21(11-7-19)30-22-12-8-20(9-13-22)28(17-18-4-2-1-3-5-18)24(29)23-16-26-14-15-27-23/h1-13,23,26-27H,14-17H2. The molecule has 0 saturated carbocycles. The van der Waals surface area contributed by atoms with Crippen LogP contribution in [-0.4, -0.2) is 31.6 Å². The van der Waals surface area contributed by atoms with Crippen molar-refractivity contribution in [2.24, 2.45) is 0 Å². The van der Waals surface area contributed by atoms with Crippen LogP contribution in [-0.2, 0) is 11.3 Å². The normalized spacial score (nSPS) is 16.1. The summed E-state index contributed by atoms with van der Waals surface area (Å²) in [6, 6.07) is 22.9. The summed E-state index contributed by atoms with van der Waals surface area (Å²) in [6.45, 7) is 2.71. The number of piperazine rings is 1. The Hall–Kier alpha value is -3.22. The third-order valence-electron chi connectivity index (χ3n) is 4.99. The lowest BCUT2D eigenvalue weighted by Crippen LogP contribution is -2.56. The first kappa shape index (κ1) is 20.1. The molecule has 5 nitrogen and oxygen atoms in total. The number of halogens is 1. The summed E-state index contributed by atoms with van der Waals surface area (Å²) in [5, 5.41) is 6.56. The lowest BCUT2D eigenvalue weighted by molar-refractivity contribution is -0.120. The van der Waals surface area contributed by atoms with Crippen molar-refractivity contribution < 1.29 is 13.9 Å². The Balaban J connectivity index is 1.54. The molecule has 6 heteroatoms. The molecule has 4 rings (SSSR count). The van der Waals surface area contributed by atoms with E-state index in [1.54, 1.807) is 17.0 Å². The van der Waals surface area contributed by atoms with Gasteiger partial charge < -0.3 is 20.3 Å². The number of anilines is 1. The maximum atomic E-state index is 13.3. The minimum absolute atomic E-state index is 0.0262. The van der Waals surface area contributed by atoms with Gasteiger partial charge in [-0.05, 0) is 54.1 Å². The van der Waals surface area contributed by atoms with E-state index in [2.05, 4.69) is 10.6 Å². The SMILES string of the molecule is O=C(C1CNCCN1)N(Cc1ccccc1)c1ccc(Oc2ccc(F)cc2)cc1. The predicted octanol–water partition coefficient (Wildman–Crippen LogP) is 3.71. The molecule has 1 saturated heterocycles. The lowest BCUT2D eigenvalue weighted by Gasteiger charge is -2.30. The number of carbonyl (C=O) groups is 1. The number of hydrogen-bond donors (Lipinski definition) is 2.